The van der Waals surface area contributed by atoms with Crippen molar-refractivity contribution < 1.29 is 14.0 Å². The molecule has 0 saturated heterocycles. The summed E-state index contributed by atoms with van der Waals surface area (Å²) >= 11 is 3.46. The minimum Gasteiger partial charge on any atom is -0.352 e. The fourth-order valence-electron chi connectivity index (χ4n) is 3.86. The predicted molar refractivity (Wildman–Crippen MR) is 119 cm³/mol. The van der Waals surface area contributed by atoms with E-state index in [-0.39, 0.29) is 30.1 Å². The molecule has 6 heteroatoms. The molecule has 2 aromatic rings. The molecular formula is C24H28BrFN2O2. The lowest BCUT2D eigenvalue weighted by Gasteiger charge is -2.31. The molecule has 0 unspecified atom stereocenters. The van der Waals surface area contributed by atoms with Gasteiger partial charge in [0.25, 0.3) is 0 Å². The van der Waals surface area contributed by atoms with Gasteiger partial charge in [0.05, 0.1) is 6.42 Å². The Balaban J connectivity index is 1.75. The van der Waals surface area contributed by atoms with Crippen LogP contribution in [0.5, 0.6) is 0 Å². The standard InChI is InChI=1S/C24H28BrFN2O2/c1-17(24(30)27-22-8-3-2-4-9-22)28(16-19-6-5-7-20(25)14-19)23(29)15-18-10-12-21(26)13-11-18/h5-7,10-14,17,22H,2-4,8-9,15-16H2,1H3,(H,27,30)/t17-/m1/s1. The highest BCUT2D eigenvalue weighted by molar-refractivity contribution is 9.10. The van der Waals surface area contributed by atoms with Crippen LogP contribution in [0.15, 0.2) is 53.0 Å². The molecule has 4 nitrogen and oxygen atoms in total. The number of halogens is 2. The molecule has 1 N–H and O–H groups in total. The molecular weight excluding hydrogens is 447 g/mol. The highest BCUT2D eigenvalue weighted by atomic mass is 79.9. The second kappa shape index (κ2) is 10.7. The van der Waals surface area contributed by atoms with Gasteiger partial charge in [-0.2, -0.15) is 0 Å². The van der Waals surface area contributed by atoms with Gasteiger partial charge in [-0.25, -0.2) is 4.39 Å². The number of carbonyl (C=O) groups is 2. The van der Waals surface area contributed by atoms with Crippen LogP contribution in [-0.2, 0) is 22.6 Å². The van der Waals surface area contributed by atoms with E-state index in [1.807, 2.05) is 24.3 Å². The smallest absolute Gasteiger partial charge is 0.242 e. The van der Waals surface area contributed by atoms with Crippen LogP contribution in [0.2, 0.25) is 0 Å². The third-order valence-corrected chi connectivity index (χ3v) is 6.12. The summed E-state index contributed by atoms with van der Waals surface area (Å²) in [4.78, 5) is 27.7. The summed E-state index contributed by atoms with van der Waals surface area (Å²) in [6.45, 7) is 2.11. The van der Waals surface area contributed by atoms with Crippen LogP contribution in [0, 0.1) is 5.82 Å². The monoisotopic (exact) mass is 474 g/mol. The number of nitrogens with zero attached hydrogens (tertiary/aromatic N) is 1. The van der Waals surface area contributed by atoms with Crippen molar-refractivity contribution in [3.05, 3.63) is 69.9 Å². The van der Waals surface area contributed by atoms with E-state index in [0.717, 1.165) is 41.3 Å². The molecule has 0 bridgehead atoms. The van der Waals surface area contributed by atoms with Crippen LogP contribution in [0.1, 0.15) is 50.2 Å². The number of hydrogen-bond donors (Lipinski definition) is 1. The summed E-state index contributed by atoms with van der Waals surface area (Å²) in [5.74, 6) is -0.616. The molecule has 2 aromatic carbocycles. The van der Waals surface area contributed by atoms with Gasteiger partial charge in [-0.1, -0.05) is 59.5 Å². The maximum atomic E-state index is 13.2. The van der Waals surface area contributed by atoms with E-state index < -0.39 is 6.04 Å². The summed E-state index contributed by atoms with van der Waals surface area (Å²) in [6, 6.07) is 13.2. The van der Waals surface area contributed by atoms with Gasteiger partial charge in [0.2, 0.25) is 11.8 Å². The minimum atomic E-state index is -0.598. The zero-order valence-electron chi connectivity index (χ0n) is 17.2. The summed E-state index contributed by atoms with van der Waals surface area (Å²) in [6.07, 6.45) is 5.58. The van der Waals surface area contributed by atoms with E-state index in [2.05, 4.69) is 21.2 Å². The number of benzene rings is 2. The number of amides is 2. The van der Waals surface area contributed by atoms with E-state index in [1.54, 1.807) is 24.0 Å². The maximum Gasteiger partial charge on any atom is 0.242 e. The Morgan fingerprint density at radius 3 is 2.47 bits per heavy atom. The Morgan fingerprint density at radius 2 is 1.80 bits per heavy atom. The van der Waals surface area contributed by atoms with Crippen LogP contribution < -0.4 is 5.32 Å². The lowest BCUT2D eigenvalue weighted by atomic mass is 9.95. The first-order valence-electron chi connectivity index (χ1n) is 10.5. The van der Waals surface area contributed by atoms with Gasteiger partial charge >= 0.3 is 0 Å². The van der Waals surface area contributed by atoms with Crippen molar-refractivity contribution in [3.63, 3.8) is 0 Å². The van der Waals surface area contributed by atoms with Crippen LogP contribution in [0.4, 0.5) is 4.39 Å². The molecule has 0 aromatic heterocycles. The Morgan fingerprint density at radius 1 is 1.10 bits per heavy atom. The first-order chi connectivity index (χ1) is 14.4. The topological polar surface area (TPSA) is 49.4 Å². The molecule has 0 spiro atoms. The quantitative estimate of drug-likeness (QED) is 0.613. The highest BCUT2D eigenvalue weighted by Gasteiger charge is 2.28. The summed E-state index contributed by atoms with van der Waals surface area (Å²) in [5, 5.41) is 3.13. The van der Waals surface area contributed by atoms with Gasteiger partial charge in [0.1, 0.15) is 11.9 Å². The number of rotatable bonds is 7. The largest absolute Gasteiger partial charge is 0.352 e. The third-order valence-electron chi connectivity index (χ3n) is 5.63. The lowest BCUT2D eigenvalue weighted by Crippen LogP contribution is -2.50. The van der Waals surface area contributed by atoms with Crippen molar-refractivity contribution in [2.24, 2.45) is 0 Å². The van der Waals surface area contributed by atoms with E-state index in [9.17, 15) is 14.0 Å². The molecule has 1 saturated carbocycles. The number of nitrogens with one attached hydrogen (secondary N) is 1. The molecule has 1 aliphatic rings. The molecule has 0 aliphatic heterocycles. The average molecular weight is 475 g/mol. The van der Waals surface area contributed by atoms with Crippen molar-refractivity contribution >= 4 is 27.7 Å². The molecule has 30 heavy (non-hydrogen) atoms. The number of carbonyl (C=O) groups excluding carboxylic acids is 2. The molecule has 1 aliphatic carbocycles. The SMILES string of the molecule is C[C@H](C(=O)NC1CCCCC1)N(Cc1cccc(Br)c1)C(=O)Cc1ccc(F)cc1. The fourth-order valence-corrected chi connectivity index (χ4v) is 4.31. The van der Waals surface area contributed by atoms with Crippen LogP contribution in [-0.4, -0.2) is 28.8 Å². The van der Waals surface area contributed by atoms with E-state index in [0.29, 0.717) is 6.54 Å². The van der Waals surface area contributed by atoms with E-state index in [4.69, 9.17) is 0 Å². The van der Waals surface area contributed by atoms with E-state index >= 15 is 0 Å². The summed E-state index contributed by atoms with van der Waals surface area (Å²) in [7, 11) is 0. The van der Waals surface area contributed by atoms with Crippen molar-refractivity contribution in [1.29, 1.82) is 0 Å². The highest BCUT2D eigenvalue weighted by Crippen LogP contribution is 2.19. The molecule has 3 rings (SSSR count). The van der Waals surface area contributed by atoms with Gasteiger partial charge in [-0.15, -0.1) is 0 Å². The zero-order valence-corrected chi connectivity index (χ0v) is 18.8. The lowest BCUT2D eigenvalue weighted by molar-refractivity contribution is -0.140. The number of hydrogen-bond acceptors (Lipinski definition) is 2. The second-order valence-corrected chi connectivity index (χ2v) is 8.89. The third kappa shape index (κ3) is 6.39. The van der Waals surface area contributed by atoms with Crippen molar-refractivity contribution in [2.75, 3.05) is 0 Å². The minimum absolute atomic E-state index is 0.120. The molecule has 1 fully saturated rings. The second-order valence-electron chi connectivity index (χ2n) is 7.97. The Labute approximate surface area is 186 Å². The summed E-state index contributed by atoms with van der Waals surface area (Å²) in [5.41, 5.74) is 1.66. The average Bonchev–Trinajstić information content (AvgIpc) is 2.74. The fraction of sp³-hybridized carbons (Fsp3) is 0.417. The molecule has 0 heterocycles. The van der Waals surface area contributed by atoms with E-state index in [1.165, 1.54) is 18.6 Å². The molecule has 2 amide bonds. The van der Waals surface area contributed by atoms with Crippen LogP contribution in [0.3, 0.4) is 0 Å². The Hall–Kier alpha value is -2.21. The van der Waals surface area contributed by atoms with Crippen molar-refractivity contribution in [3.8, 4) is 0 Å². The summed E-state index contributed by atoms with van der Waals surface area (Å²) < 4.78 is 14.1. The van der Waals surface area contributed by atoms with Crippen molar-refractivity contribution in [2.45, 2.75) is 64.1 Å². The first kappa shape index (κ1) is 22.5. The molecule has 160 valence electrons. The molecule has 1 atom stereocenters. The molecule has 0 radical (unpaired) electrons. The zero-order chi connectivity index (χ0) is 21.5. The van der Waals surface area contributed by atoms with Gasteiger partial charge in [-0.05, 0) is 55.2 Å². The van der Waals surface area contributed by atoms with Gasteiger partial charge in [-0.3, -0.25) is 9.59 Å². The normalized spacial score (nSPS) is 15.4. The first-order valence-corrected chi connectivity index (χ1v) is 11.3. The van der Waals surface area contributed by atoms with Gasteiger partial charge in [0, 0.05) is 17.1 Å². The van der Waals surface area contributed by atoms with Crippen molar-refractivity contribution in [1.82, 2.24) is 10.2 Å². The predicted octanol–water partition coefficient (Wildman–Crippen LogP) is 5.00. The van der Waals surface area contributed by atoms with Crippen LogP contribution in [0.25, 0.3) is 0 Å². The van der Waals surface area contributed by atoms with Crippen LogP contribution >= 0.6 is 15.9 Å². The Kier molecular flexibility index (Phi) is 8.02. The Bertz CT molecular complexity index is 866. The van der Waals surface area contributed by atoms with Gasteiger partial charge < -0.3 is 10.2 Å². The van der Waals surface area contributed by atoms with Gasteiger partial charge in [0.15, 0.2) is 0 Å². The maximum absolute atomic E-state index is 13.2.